The highest BCUT2D eigenvalue weighted by Gasteiger charge is 2.13. The van der Waals surface area contributed by atoms with Gasteiger partial charge in [-0.1, -0.05) is 15.9 Å². The SMILES string of the molecule is CCOC(=O)NS(=O)(=O)NCCOCCBr. The van der Waals surface area contributed by atoms with Gasteiger partial charge in [0.2, 0.25) is 0 Å². The molecule has 1 amide bonds. The van der Waals surface area contributed by atoms with Gasteiger partial charge in [0, 0.05) is 11.9 Å². The van der Waals surface area contributed by atoms with E-state index in [-0.39, 0.29) is 19.8 Å². The lowest BCUT2D eigenvalue weighted by molar-refractivity contribution is 0.154. The van der Waals surface area contributed by atoms with Crippen LogP contribution in [-0.2, 0) is 19.7 Å². The molecule has 0 aromatic carbocycles. The van der Waals surface area contributed by atoms with E-state index in [4.69, 9.17) is 4.74 Å². The van der Waals surface area contributed by atoms with Crippen LogP contribution in [-0.4, -0.2) is 46.2 Å². The summed E-state index contributed by atoms with van der Waals surface area (Å²) in [7, 11) is -3.86. The van der Waals surface area contributed by atoms with Crippen LogP contribution in [0.1, 0.15) is 6.92 Å². The Balaban J connectivity index is 3.74. The second-order valence-electron chi connectivity index (χ2n) is 2.52. The zero-order chi connectivity index (χ0) is 12.4. The Labute approximate surface area is 103 Å². The summed E-state index contributed by atoms with van der Waals surface area (Å²) in [6.45, 7) is 2.49. The van der Waals surface area contributed by atoms with Crippen molar-refractivity contribution in [2.24, 2.45) is 0 Å². The quantitative estimate of drug-likeness (QED) is 0.484. The molecule has 9 heteroatoms. The highest BCUT2D eigenvalue weighted by Crippen LogP contribution is 1.84. The van der Waals surface area contributed by atoms with Crippen LogP contribution < -0.4 is 9.44 Å². The smallest absolute Gasteiger partial charge is 0.421 e. The van der Waals surface area contributed by atoms with Crippen LogP contribution in [0.2, 0.25) is 0 Å². The molecule has 16 heavy (non-hydrogen) atoms. The number of carbonyl (C=O) groups excluding carboxylic acids is 1. The molecule has 0 heterocycles. The van der Waals surface area contributed by atoms with E-state index in [0.29, 0.717) is 11.9 Å². The van der Waals surface area contributed by atoms with Gasteiger partial charge in [0.05, 0.1) is 19.8 Å². The van der Waals surface area contributed by atoms with E-state index in [1.807, 2.05) is 0 Å². The van der Waals surface area contributed by atoms with Crippen molar-refractivity contribution in [1.82, 2.24) is 9.44 Å². The van der Waals surface area contributed by atoms with Crippen LogP contribution in [0.4, 0.5) is 4.79 Å². The third-order valence-electron chi connectivity index (χ3n) is 1.25. The lowest BCUT2D eigenvalue weighted by Gasteiger charge is -2.08. The number of halogens is 1. The summed E-state index contributed by atoms with van der Waals surface area (Å²) >= 11 is 3.15. The number of ether oxygens (including phenoxy) is 2. The fraction of sp³-hybridized carbons (Fsp3) is 0.857. The number of hydrogen-bond donors (Lipinski definition) is 2. The first-order valence-corrected chi connectivity index (χ1v) is 7.20. The lowest BCUT2D eigenvalue weighted by atomic mass is 10.7. The molecule has 0 aromatic rings. The standard InChI is InChI=1S/C7H15BrN2O5S/c1-2-15-7(11)10-16(12,13)9-4-6-14-5-3-8/h9H,2-6H2,1H3,(H,10,11). The van der Waals surface area contributed by atoms with Gasteiger partial charge in [-0.2, -0.15) is 13.1 Å². The molecular weight excluding hydrogens is 304 g/mol. The Bertz CT molecular complexity index is 295. The zero-order valence-electron chi connectivity index (χ0n) is 8.86. The minimum atomic E-state index is -3.86. The van der Waals surface area contributed by atoms with Crippen molar-refractivity contribution >= 4 is 32.2 Å². The average molecular weight is 319 g/mol. The monoisotopic (exact) mass is 318 g/mol. The maximum absolute atomic E-state index is 11.2. The van der Waals surface area contributed by atoms with Gasteiger partial charge in [-0.3, -0.25) is 0 Å². The first-order chi connectivity index (χ1) is 7.52. The molecule has 0 atom stereocenters. The molecule has 0 aliphatic carbocycles. The normalized spacial score (nSPS) is 11.1. The maximum Gasteiger partial charge on any atom is 0.421 e. The van der Waals surface area contributed by atoms with Gasteiger partial charge >= 0.3 is 16.3 Å². The van der Waals surface area contributed by atoms with Crippen molar-refractivity contribution in [1.29, 1.82) is 0 Å². The summed E-state index contributed by atoms with van der Waals surface area (Å²) in [6.07, 6.45) is -1.00. The molecule has 0 aromatic heterocycles. The molecule has 0 unspecified atom stereocenters. The Morgan fingerprint density at radius 3 is 2.62 bits per heavy atom. The van der Waals surface area contributed by atoms with Crippen LogP contribution in [0.25, 0.3) is 0 Å². The highest BCUT2D eigenvalue weighted by molar-refractivity contribution is 9.09. The van der Waals surface area contributed by atoms with E-state index in [1.54, 1.807) is 11.6 Å². The molecule has 0 spiro atoms. The van der Waals surface area contributed by atoms with Gasteiger partial charge in [0.25, 0.3) is 0 Å². The van der Waals surface area contributed by atoms with Crippen LogP contribution in [0, 0.1) is 0 Å². The Morgan fingerprint density at radius 2 is 2.06 bits per heavy atom. The Kier molecular flexibility index (Phi) is 8.53. The van der Waals surface area contributed by atoms with Gasteiger partial charge < -0.3 is 9.47 Å². The summed E-state index contributed by atoms with van der Waals surface area (Å²) in [5, 5.41) is 0.681. The molecule has 96 valence electrons. The van der Waals surface area contributed by atoms with Gasteiger partial charge in [-0.05, 0) is 6.92 Å². The number of rotatable bonds is 8. The van der Waals surface area contributed by atoms with Crippen molar-refractivity contribution in [2.45, 2.75) is 6.92 Å². The molecular formula is C7H15BrN2O5S. The second-order valence-corrected chi connectivity index (χ2v) is 4.81. The highest BCUT2D eigenvalue weighted by atomic mass is 79.9. The van der Waals surface area contributed by atoms with E-state index >= 15 is 0 Å². The predicted octanol–water partition coefficient (Wildman–Crippen LogP) is -0.0216. The first-order valence-electron chi connectivity index (χ1n) is 4.59. The molecule has 2 N–H and O–H groups in total. The Morgan fingerprint density at radius 1 is 1.38 bits per heavy atom. The fourth-order valence-corrected chi connectivity index (χ4v) is 1.64. The minimum absolute atomic E-state index is 0.0851. The molecule has 0 saturated carbocycles. The fourth-order valence-electron chi connectivity index (χ4n) is 0.711. The lowest BCUT2D eigenvalue weighted by Crippen LogP contribution is -2.41. The second kappa shape index (κ2) is 8.74. The van der Waals surface area contributed by atoms with E-state index in [0.717, 1.165) is 0 Å². The van der Waals surface area contributed by atoms with Crippen molar-refractivity contribution in [3.05, 3.63) is 0 Å². The number of hydrogen-bond acceptors (Lipinski definition) is 5. The van der Waals surface area contributed by atoms with Crippen LogP contribution in [0.15, 0.2) is 0 Å². The van der Waals surface area contributed by atoms with Gasteiger partial charge in [-0.25, -0.2) is 9.52 Å². The van der Waals surface area contributed by atoms with Crippen LogP contribution >= 0.6 is 15.9 Å². The first kappa shape index (κ1) is 15.6. The third kappa shape index (κ3) is 8.89. The molecule has 0 aliphatic heterocycles. The number of nitrogens with one attached hydrogen (secondary N) is 2. The summed E-state index contributed by atoms with van der Waals surface area (Å²) in [5.41, 5.74) is 0. The zero-order valence-corrected chi connectivity index (χ0v) is 11.3. The molecule has 0 saturated heterocycles. The maximum atomic E-state index is 11.2. The van der Waals surface area contributed by atoms with Gasteiger partial charge in [0.15, 0.2) is 0 Å². The minimum Gasteiger partial charge on any atom is -0.449 e. The van der Waals surface area contributed by atoms with E-state index in [1.165, 1.54) is 0 Å². The molecule has 0 fully saturated rings. The van der Waals surface area contributed by atoms with Gasteiger partial charge in [0.1, 0.15) is 0 Å². The summed E-state index contributed by atoms with van der Waals surface area (Å²) in [4.78, 5) is 10.8. The van der Waals surface area contributed by atoms with E-state index in [2.05, 4.69) is 25.4 Å². The molecule has 7 nitrogen and oxygen atoms in total. The van der Waals surface area contributed by atoms with Crippen LogP contribution in [0.5, 0.6) is 0 Å². The van der Waals surface area contributed by atoms with Crippen molar-refractivity contribution in [3.8, 4) is 0 Å². The number of amides is 1. The predicted molar refractivity (Wildman–Crippen MR) is 61.7 cm³/mol. The largest absolute Gasteiger partial charge is 0.449 e. The summed E-state index contributed by atoms with van der Waals surface area (Å²) in [6, 6.07) is 0. The summed E-state index contributed by atoms with van der Waals surface area (Å²) < 4.78 is 35.6. The topological polar surface area (TPSA) is 93.7 Å². The third-order valence-corrected chi connectivity index (χ3v) is 2.60. The van der Waals surface area contributed by atoms with Gasteiger partial charge in [-0.15, -0.1) is 0 Å². The number of carbonyl (C=O) groups is 1. The number of alkyl halides is 1. The van der Waals surface area contributed by atoms with E-state index < -0.39 is 16.3 Å². The average Bonchev–Trinajstić information content (AvgIpc) is 2.16. The van der Waals surface area contributed by atoms with Crippen molar-refractivity contribution in [2.75, 3.05) is 31.7 Å². The molecule has 0 aliphatic rings. The summed E-state index contributed by atoms with van der Waals surface area (Å²) in [5.74, 6) is 0. The van der Waals surface area contributed by atoms with Crippen LogP contribution in [0.3, 0.4) is 0 Å². The van der Waals surface area contributed by atoms with Crippen molar-refractivity contribution in [3.63, 3.8) is 0 Å². The van der Waals surface area contributed by atoms with E-state index in [9.17, 15) is 13.2 Å². The molecule has 0 radical (unpaired) electrons. The molecule has 0 rings (SSSR count). The van der Waals surface area contributed by atoms with Crippen molar-refractivity contribution < 1.29 is 22.7 Å². The Hall–Kier alpha value is -0.380. The molecule has 0 bridgehead atoms.